The summed E-state index contributed by atoms with van der Waals surface area (Å²) in [5.74, 6) is -5.31. The first-order valence-corrected chi connectivity index (χ1v) is 11.3. The summed E-state index contributed by atoms with van der Waals surface area (Å²) in [5.41, 5.74) is -0.650. The molecule has 0 aliphatic heterocycles. The lowest BCUT2D eigenvalue weighted by Gasteiger charge is -2.47. The average Bonchev–Trinajstić information content (AvgIpc) is 2.71. The van der Waals surface area contributed by atoms with Gasteiger partial charge in [-0.05, 0) is 104 Å². The van der Waals surface area contributed by atoms with Crippen molar-refractivity contribution in [2.24, 2.45) is 11.8 Å². The monoisotopic (exact) mass is 470 g/mol. The lowest BCUT2D eigenvalue weighted by atomic mass is 9.57. The molecular formula is C26H25F7. The molecule has 2 aromatic carbocycles. The molecule has 1 saturated carbocycles. The molecule has 0 unspecified atom stereocenters. The largest absolute Gasteiger partial charge is 0.422 e. The Morgan fingerprint density at radius 3 is 2.24 bits per heavy atom. The summed E-state index contributed by atoms with van der Waals surface area (Å²) in [5, 5.41) is 0. The standard InChI is InChI=1S/C26H25F7/c1-2-3-4-5-14-6-7-17-19(9-8-18-20(17)12-16(27)13-21(18)28)24(14)15-10-22(29)25(23(30)11-15)26(31,32)33/h2-3,10-14,17,19,24H,4-9H2,1H3/t14-,17-,19+,24-/m1/s1. The molecule has 4 rings (SSSR count). The summed E-state index contributed by atoms with van der Waals surface area (Å²) in [6.07, 6.45) is 2.41. The maximum absolute atomic E-state index is 14.5. The van der Waals surface area contributed by atoms with E-state index >= 15 is 0 Å². The molecule has 0 nitrogen and oxygen atoms in total. The van der Waals surface area contributed by atoms with Gasteiger partial charge in [0, 0.05) is 6.07 Å². The fourth-order valence-corrected chi connectivity index (χ4v) is 6.06. The molecule has 0 bridgehead atoms. The Morgan fingerprint density at radius 2 is 1.61 bits per heavy atom. The smallest absolute Gasteiger partial charge is 0.207 e. The van der Waals surface area contributed by atoms with Gasteiger partial charge in [0.2, 0.25) is 0 Å². The van der Waals surface area contributed by atoms with Crippen LogP contribution in [-0.4, -0.2) is 0 Å². The van der Waals surface area contributed by atoms with Crippen molar-refractivity contribution in [2.45, 2.75) is 63.5 Å². The van der Waals surface area contributed by atoms with Crippen molar-refractivity contribution >= 4 is 0 Å². The Hall–Kier alpha value is -2.31. The summed E-state index contributed by atoms with van der Waals surface area (Å²) in [4.78, 5) is 0. The van der Waals surface area contributed by atoms with Crippen molar-refractivity contribution in [2.75, 3.05) is 0 Å². The Morgan fingerprint density at radius 1 is 0.909 bits per heavy atom. The van der Waals surface area contributed by atoms with E-state index in [9.17, 15) is 30.7 Å². The average molecular weight is 470 g/mol. The van der Waals surface area contributed by atoms with Crippen LogP contribution in [-0.2, 0) is 12.6 Å². The van der Waals surface area contributed by atoms with E-state index in [1.807, 2.05) is 19.1 Å². The minimum Gasteiger partial charge on any atom is -0.207 e. The topological polar surface area (TPSA) is 0 Å². The third-order valence-corrected chi connectivity index (χ3v) is 7.33. The molecule has 4 atom stereocenters. The highest BCUT2D eigenvalue weighted by Gasteiger charge is 2.45. The van der Waals surface area contributed by atoms with Gasteiger partial charge >= 0.3 is 6.18 Å². The van der Waals surface area contributed by atoms with Crippen LogP contribution in [0, 0.1) is 35.1 Å². The molecule has 1 fully saturated rings. The molecule has 2 aliphatic carbocycles. The van der Waals surface area contributed by atoms with Crippen molar-refractivity contribution in [1.29, 1.82) is 0 Å². The second-order valence-corrected chi connectivity index (χ2v) is 9.13. The maximum Gasteiger partial charge on any atom is 0.422 e. The molecule has 0 heterocycles. The number of hydrogen-bond donors (Lipinski definition) is 0. The zero-order chi connectivity index (χ0) is 23.9. The number of fused-ring (bicyclic) bond motifs is 3. The third-order valence-electron chi connectivity index (χ3n) is 7.33. The second kappa shape index (κ2) is 9.15. The molecule has 0 spiro atoms. The number of allylic oxidation sites excluding steroid dienone is 2. The van der Waals surface area contributed by atoms with Gasteiger partial charge in [0.05, 0.1) is 0 Å². The summed E-state index contributed by atoms with van der Waals surface area (Å²) in [6.45, 7) is 1.89. The number of benzene rings is 2. The van der Waals surface area contributed by atoms with Crippen molar-refractivity contribution in [3.63, 3.8) is 0 Å². The van der Waals surface area contributed by atoms with Gasteiger partial charge < -0.3 is 0 Å². The van der Waals surface area contributed by atoms with E-state index in [4.69, 9.17) is 0 Å². The first kappa shape index (κ1) is 23.8. The predicted octanol–water partition coefficient (Wildman–Crippen LogP) is 8.46. The normalized spacial score (nSPS) is 25.2. The van der Waals surface area contributed by atoms with E-state index in [-0.39, 0.29) is 23.3 Å². The highest BCUT2D eigenvalue weighted by Crippen LogP contribution is 2.55. The van der Waals surface area contributed by atoms with Crippen LogP contribution in [0.1, 0.15) is 73.1 Å². The molecule has 0 N–H and O–H groups in total. The number of halogens is 7. The van der Waals surface area contributed by atoms with Crippen LogP contribution in [0.2, 0.25) is 0 Å². The van der Waals surface area contributed by atoms with Crippen LogP contribution in [0.3, 0.4) is 0 Å². The highest BCUT2D eigenvalue weighted by molar-refractivity contribution is 5.39. The Kier molecular flexibility index (Phi) is 6.61. The van der Waals surface area contributed by atoms with Gasteiger partial charge in [-0.15, -0.1) is 0 Å². The molecule has 2 aliphatic rings. The summed E-state index contributed by atoms with van der Waals surface area (Å²) in [6, 6.07) is 3.81. The molecule has 0 radical (unpaired) electrons. The first-order chi connectivity index (χ1) is 15.6. The molecular weight excluding hydrogens is 445 g/mol. The van der Waals surface area contributed by atoms with Crippen LogP contribution < -0.4 is 0 Å². The molecule has 33 heavy (non-hydrogen) atoms. The molecule has 0 aromatic heterocycles. The summed E-state index contributed by atoms with van der Waals surface area (Å²) >= 11 is 0. The summed E-state index contributed by atoms with van der Waals surface area (Å²) in [7, 11) is 0. The van der Waals surface area contributed by atoms with E-state index in [2.05, 4.69) is 0 Å². The van der Waals surface area contributed by atoms with Gasteiger partial charge in [0.1, 0.15) is 28.8 Å². The first-order valence-electron chi connectivity index (χ1n) is 11.3. The van der Waals surface area contributed by atoms with E-state index in [0.29, 0.717) is 43.2 Å². The van der Waals surface area contributed by atoms with E-state index in [1.54, 1.807) is 0 Å². The highest BCUT2D eigenvalue weighted by atomic mass is 19.4. The molecule has 2 aromatic rings. The van der Waals surface area contributed by atoms with Crippen LogP contribution in [0.25, 0.3) is 0 Å². The van der Waals surface area contributed by atoms with Gasteiger partial charge in [-0.25, -0.2) is 17.6 Å². The third kappa shape index (κ3) is 4.56. The Bertz CT molecular complexity index is 1030. The zero-order valence-corrected chi connectivity index (χ0v) is 18.2. The minimum atomic E-state index is -5.13. The SMILES string of the molecule is CC=CCC[C@@H]1CC[C@H]2c3cc(F)cc(F)c3CC[C@@H]2[C@H]1c1cc(F)c(C(F)(F)F)c(F)c1. The molecule has 0 amide bonds. The van der Waals surface area contributed by atoms with Crippen LogP contribution >= 0.6 is 0 Å². The maximum atomic E-state index is 14.5. The van der Waals surface area contributed by atoms with E-state index in [0.717, 1.165) is 24.6 Å². The summed E-state index contributed by atoms with van der Waals surface area (Å²) < 4.78 is 96.8. The van der Waals surface area contributed by atoms with Crippen molar-refractivity contribution < 1.29 is 30.7 Å². The van der Waals surface area contributed by atoms with Crippen LogP contribution in [0.5, 0.6) is 0 Å². The van der Waals surface area contributed by atoms with Crippen molar-refractivity contribution in [3.8, 4) is 0 Å². The number of rotatable bonds is 4. The minimum absolute atomic E-state index is 0.00190. The number of alkyl halides is 3. The van der Waals surface area contributed by atoms with E-state index in [1.165, 1.54) is 6.07 Å². The van der Waals surface area contributed by atoms with Gasteiger partial charge in [-0.1, -0.05) is 12.2 Å². The second-order valence-electron chi connectivity index (χ2n) is 9.13. The van der Waals surface area contributed by atoms with Gasteiger partial charge in [0.25, 0.3) is 0 Å². The fraction of sp³-hybridized carbons (Fsp3) is 0.462. The van der Waals surface area contributed by atoms with Crippen LogP contribution in [0.15, 0.2) is 36.4 Å². The zero-order valence-electron chi connectivity index (χ0n) is 18.2. The molecule has 0 saturated heterocycles. The molecule has 7 heteroatoms. The van der Waals surface area contributed by atoms with Gasteiger partial charge in [0.15, 0.2) is 0 Å². The molecule has 178 valence electrons. The Labute approximate surface area is 188 Å². The van der Waals surface area contributed by atoms with E-state index < -0.39 is 40.9 Å². The lowest BCUT2D eigenvalue weighted by molar-refractivity contribution is -0.142. The van der Waals surface area contributed by atoms with Crippen molar-refractivity contribution in [3.05, 3.63) is 81.9 Å². The van der Waals surface area contributed by atoms with Crippen LogP contribution in [0.4, 0.5) is 30.7 Å². The lowest BCUT2D eigenvalue weighted by Crippen LogP contribution is -2.36. The predicted molar refractivity (Wildman–Crippen MR) is 112 cm³/mol. The van der Waals surface area contributed by atoms with Gasteiger partial charge in [-0.3, -0.25) is 0 Å². The Balaban J connectivity index is 1.78. The quantitative estimate of drug-likeness (QED) is 0.311. The number of hydrogen-bond acceptors (Lipinski definition) is 0. The van der Waals surface area contributed by atoms with Crippen molar-refractivity contribution in [1.82, 2.24) is 0 Å². The van der Waals surface area contributed by atoms with Gasteiger partial charge in [-0.2, -0.15) is 13.2 Å². The fourth-order valence-electron chi connectivity index (χ4n) is 6.06.